The van der Waals surface area contributed by atoms with E-state index in [4.69, 9.17) is 34.8 Å². The van der Waals surface area contributed by atoms with Gasteiger partial charge in [-0.15, -0.1) is 0 Å². The van der Waals surface area contributed by atoms with Gasteiger partial charge in [0.15, 0.2) is 0 Å². The van der Waals surface area contributed by atoms with E-state index in [9.17, 15) is 19.1 Å². The summed E-state index contributed by atoms with van der Waals surface area (Å²) in [6.45, 7) is 0.711. The molecule has 2 aromatic rings. The normalized spacial score (nSPS) is 14.8. The number of carbonyl (C=O) groups is 2. The third-order valence-corrected chi connectivity index (χ3v) is 5.67. The van der Waals surface area contributed by atoms with E-state index in [2.05, 4.69) is 5.32 Å². The molecule has 2 amide bonds. The molecule has 1 saturated heterocycles. The van der Waals surface area contributed by atoms with Crippen LogP contribution < -0.4 is 5.32 Å². The Bertz CT molecular complexity index is 905. The van der Waals surface area contributed by atoms with Gasteiger partial charge in [0.2, 0.25) is 0 Å². The van der Waals surface area contributed by atoms with Crippen molar-refractivity contribution in [3.05, 3.63) is 62.3 Å². The maximum atomic E-state index is 13.8. The fourth-order valence-electron chi connectivity index (χ4n) is 3.08. The summed E-state index contributed by atoms with van der Waals surface area (Å²) in [5, 5.41) is 12.7. The molecule has 0 saturated carbocycles. The Morgan fingerprint density at radius 1 is 1.11 bits per heavy atom. The van der Waals surface area contributed by atoms with Crippen molar-refractivity contribution < 1.29 is 19.1 Å². The monoisotopic (exact) mass is 444 g/mol. The molecule has 1 fully saturated rings. The summed E-state index contributed by atoms with van der Waals surface area (Å²) in [5.74, 6) is -2.00. The first-order valence-corrected chi connectivity index (χ1v) is 9.64. The fourth-order valence-corrected chi connectivity index (χ4v) is 3.78. The highest BCUT2D eigenvalue weighted by Gasteiger charge is 2.28. The largest absolute Gasteiger partial charge is 0.505 e. The van der Waals surface area contributed by atoms with E-state index in [0.29, 0.717) is 25.9 Å². The summed E-state index contributed by atoms with van der Waals surface area (Å²) in [7, 11) is 0. The van der Waals surface area contributed by atoms with E-state index >= 15 is 0 Å². The van der Waals surface area contributed by atoms with Gasteiger partial charge in [-0.2, -0.15) is 0 Å². The number of nitrogens with zero attached hydrogens (tertiary/aromatic N) is 1. The Morgan fingerprint density at radius 3 is 2.39 bits per heavy atom. The van der Waals surface area contributed by atoms with E-state index in [1.807, 2.05) is 0 Å². The van der Waals surface area contributed by atoms with Crippen molar-refractivity contribution in [3.63, 3.8) is 0 Å². The van der Waals surface area contributed by atoms with Gasteiger partial charge in [0.05, 0.1) is 20.6 Å². The molecule has 5 nitrogen and oxygen atoms in total. The van der Waals surface area contributed by atoms with Crippen LogP contribution in [-0.4, -0.2) is 41.0 Å². The lowest BCUT2D eigenvalue weighted by Gasteiger charge is -2.32. The van der Waals surface area contributed by atoms with Crippen molar-refractivity contribution in [2.45, 2.75) is 18.9 Å². The molecular weight excluding hydrogens is 430 g/mol. The minimum Gasteiger partial charge on any atom is -0.505 e. The molecule has 0 aliphatic carbocycles. The quantitative estimate of drug-likeness (QED) is 0.682. The lowest BCUT2D eigenvalue weighted by atomic mass is 10.0. The van der Waals surface area contributed by atoms with Crippen LogP contribution in [0, 0.1) is 5.82 Å². The highest BCUT2D eigenvalue weighted by atomic mass is 35.5. The van der Waals surface area contributed by atoms with E-state index in [0.717, 1.165) is 0 Å². The summed E-state index contributed by atoms with van der Waals surface area (Å²) < 4.78 is 13.8. The maximum absolute atomic E-state index is 13.8. The zero-order chi connectivity index (χ0) is 20.4. The van der Waals surface area contributed by atoms with Crippen molar-refractivity contribution in [1.82, 2.24) is 10.2 Å². The molecule has 1 aliphatic heterocycles. The number of phenols is 1. The number of rotatable bonds is 3. The van der Waals surface area contributed by atoms with E-state index < -0.39 is 17.5 Å². The van der Waals surface area contributed by atoms with Gasteiger partial charge < -0.3 is 15.3 Å². The van der Waals surface area contributed by atoms with Crippen LogP contribution >= 0.6 is 34.8 Å². The standard InChI is InChI=1S/C19H16Cl3FN2O3/c20-12-9-13(21)17(26)15(16(12)22)18(27)24-10-5-7-25(8-6-10)19(28)11-3-1-2-4-14(11)23/h1-4,9-10,26H,5-8H2,(H,24,27). The molecule has 0 bridgehead atoms. The summed E-state index contributed by atoms with van der Waals surface area (Å²) in [6, 6.07) is 6.83. The zero-order valence-corrected chi connectivity index (χ0v) is 16.8. The van der Waals surface area contributed by atoms with Crippen LogP contribution in [0.15, 0.2) is 30.3 Å². The lowest BCUT2D eigenvalue weighted by molar-refractivity contribution is 0.0693. The van der Waals surface area contributed by atoms with Crippen LogP contribution in [0.5, 0.6) is 5.75 Å². The number of hydrogen-bond donors (Lipinski definition) is 2. The first-order chi connectivity index (χ1) is 13.3. The highest BCUT2D eigenvalue weighted by Crippen LogP contribution is 2.38. The Balaban J connectivity index is 1.64. The molecule has 9 heteroatoms. The second-order valence-electron chi connectivity index (χ2n) is 6.40. The first kappa shape index (κ1) is 20.7. The zero-order valence-electron chi connectivity index (χ0n) is 14.5. The summed E-state index contributed by atoms with van der Waals surface area (Å²) in [5.41, 5.74) is -0.167. The average molecular weight is 446 g/mol. The molecule has 1 heterocycles. The lowest BCUT2D eigenvalue weighted by Crippen LogP contribution is -2.46. The van der Waals surface area contributed by atoms with Gasteiger partial charge in [-0.1, -0.05) is 46.9 Å². The Labute approximate surface area is 176 Å². The van der Waals surface area contributed by atoms with E-state index in [1.54, 1.807) is 11.0 Å². The van der Waals surface area contributed by atoms with Crippen LogP contribution in [-0.2, 0) is 0 Å². The predicted molar refractivity (Wildman–Crippen MR) is 106 cm³/mol. The van der Waals surface area contributed by atoms with Gasteiger partial charge in [-0.3, -0.25) is 9.59 Å². The number of piperidine rings is 1. The molecule has 0 atom stereocenters. The molecule has 148 valence electrons. The van der Waals surface area contributed by atoms with Crippen molar-refractivity contribution in [2.24, 2.45) is 0 Å². The average Bonchev–Trinajstić information content (AvgIpc) is 2.67. The number of phenolic OH excluding ortho intramolecular Hbond substituents is 1. The highest BCUT2D eigenvalue weighted by molar-refractivity contribution is 6.45. The molecule has 0 spiro atoms. The number of benzene rings is 2. The van der Waals surface area contributed by atoms with Crippen molar-refractivity contribution in [2.75, 3.05) is 13.1 Å². The van der Waals surface area contributed by atoms with Crippen LogP contribution in [0.2, 0.25) is 15.1 Å². The predicted octanol–water partition coefficient (Wildman–Crippen LogP) is 4.53. The Kier molecular flexibility index (Phi) is 6.33. The molecule has 0 unspecified atom stereocenters. The van der Waals surface area contributed by atoms with Crippen molar-refractivity contribution >= 4 is 46.6 Å². The number of likely N-dealkylation sites (tertiary alicyclic amines) is 1. The fraction of sp³-hybridized carbons (Fsp3) is 0.263. The van der Waals surface area contributed by atoms with Crippen LogP contribution in [0.3, 0.4) is 0 Å². The second kappa shape index (κ2) is 8.55. The maximum Gasteiger partial charge on any atom is 0.256 e. The number of aromatic hydroxyl groups is 1. The van der Waals surface area contributed by atoms with Crippen LogP contribution in [0.1, 0.15) is 33.6 Å². The third-order valence-electron chi connectivity index (χ3n) is 4.59. The van der Waals surface area contributed by atoms with Crippen molar-refractivity contribution in [1.29, 1.82) is 0 Å². The third kappa shape index (κ3) is 4.19. The number of hydrogen-bond acceptors (Lipinski definition) is 3. The van der Waals surface area contributed by atoms with Gasteiger partial charge in [-0.25, -0.2) is 4.39 Å². The minimum atomic E-state index is -0.606. The molecule has 0 radical (unpaired) electrons. The number of carbonyl (C=O) groups excluding carboxylic acids is 2. The molecule has 28 heavy (non-hydrogen) atoms. The van der Waals surface area contributed by atoms with Gasteiger partial charge in [-0.05, 0) is 31.0 Å². The summed E-state index contributed by atoms with van der Waals surface area (Å²) in [4.78, 5) is 26.5. The molecule has 3 rings (SSSR count). The smallest absolute Gasteiger partial charge is 0.256 e. The topological polar surface area (TPSA) is 69.6 Å². The van der Waals surface area contributed by atoms with E-state index in [1.165, 1.54) is 24.3 Å². The van der Waals surface area contributed by atoms with E-state index in [-0.39, 0.29) is 38.1 Å². The SMILES string of the molecule is O=C(NC1CCN(C(=O)c2ccccc2F)CC1)c1c(O)c(Cl)cc(Cl)c1Cl. The first-order valence-electron chi connectivity index (χ1n) is 8.50. The Morgan fingerprint density at radius 2 is 1.75 bits per heavy atom. The van der Waals surface area contributed by atoms with Gasteiger partial charge in [0.25, 0.3) is 11.8 Å². The van der Waals surface area contributed by atoms with Gasteiger partial charge in [0, 0.05) is 19.1 Å². The van der Waals surface area contributed by atoms with Gasteiger partial charge >= 0.3 is 0 Å². The minimum absolute atomic E-state index is 0.0234. The molecular formula is C19H16Cl3FN2O3. The Hall–Kier alpha value is -2.02. The number of halogens is 4. The number of amides is 2. The number of nitrogens with one attached hydrogen (secondary N) is 1. The molecule has 2 N–H and O–H groups in total. The van der Waals surface area contributed by atoms with Crippen LogP contribution in [0.4, 0.5) is 4.39 Å². The summed E-state index contributed by atoms with van der Waals surface area (Å²) >= 11 is 17.8. The second-order valence-corrected chi connectivity index (χ2v) is 7.59. The molecule has 0 aromatic heterocycles. The molecule has 1 aliphatic rings. The van der Waals surface area contributed by atoms with Crippen molar-refractivity contribution in [3.8, 4) is 5.75 Å². The van der Waals surface area contributed by atoms with Crippen LogP contribution in [0.25, 0.3) is 0 Å². The van der Waals surface area contributed by atoms with Gasteiger partial charge in [0.1, 0.15) is 17.1 Å². The molecule has 2 aromatic carbocycles. The summed E-state index contributed by atoms with van der Waals surface area (Å²) in [6.07, 6.45) is 0.942.